The van der Waals surface area contributed by atoms with Gasteiger partial charge in [-0.05, 0) is 50.1 Å². The molecule has 1 aliphatic rings. The zero-order valence-electron chi connectivity index (χ0n) is 18.9. The summed E-state index contributed by atoms with van der Waals surface area (Å²) in [6.07, 6.45) is 3.36. The number of nitrogens with zero attached hydrogens (tertiary/aromatic N) is 3. The molecule has 168 valence electrons. The van der Waals surface area contributed by atoms with Gasteiger partial charge >= 0.3 is 0 Å². The van der Waals surface area contributed by atoms with Crippen molar-refractivity contribution in [2.45, 2.75) is 25.7 Å². The van der Waals surface area contributed by atoms with Crippen LogP contribution in [0.3, 0.4) is 0 Å². The second-order valence-corrected chi connectivity index (χ2v) is 8.44. The van der Waals surface area contributed by atoms with E-state index in [1.807, 2.05) is 34.7 Å². The molecule has 32 heavy (non-hydrogen) atoms. The largest absolute Gasteiger partial charge is 0.383 e. The van der Waals surface area contributed by atoms with Crippen LogP contribution in [-0.4, -0.2) is 59.6 Å². The van der Waals surface area contributed by atoms with Crippen LogP contribution < -0.4 is 5.32 Å². The van der Waals surface area contributed by atoms with Crippen LogP contribution in [0.15, 0.2) is 42.6 Å². The Labute approximate surface area is 188 Å². The van der Waals surface area contributed by atoms with E-state index < -0.39 is 0 Å². The van der Waals surface area contributed by atoms with Crippen molar-refractivity contribution in [3.05, 3.63) is 65.1 Å². The van der Waals surface area contributed by atoms with Crippen LogP contribution in [0, 0.1) is 6.92 Å². The molecule has 3 aromatic rings. The summed E-state index contributed by atoms with van der Waals surface area (Å²) in [7, 11) is 3.55. The second-order valence-electron chi connectivity index (χ2n) is 8.44. The summed E-state index contributed by atoms with van der Waals surface area (Å²) >= 11 is 0. The SMILES string of the molecule is COCCNC(=O)c1ccc(C2CCN(C(=O)c3cc4cc(C)ccc4n3C)CC2)nc1. The van der Waals surface area contributed by atoms with Gasteiger partial charge in [-0.25, -0.2) is 0 Å². The van der Waals surface area contributed by atoms with E-state index in [4.69, 9.17) is 4.74 Å². The van der Waals surface area contributed by atoms with Gasteiger partial charge in [-0.3, -0.25) is 14.6 Å². The maximum absolute atomic E-state index is 13.2. The van der Waals surface area contributed by atoms with Gasteiger partial charge in [-0.2, -0.15) is 0 Å². The van der Waals surface area contributed by atoms with Crippen LogP contribution in [0.4, 0.5) is 0 Å². The Balaban J connectivity index is 1.37. The van der Waals surface area contributed by atoms with Crippen molar-refractivity contribution >= 4 is 22.7 Å². The van der Waals surface area contributed by atoms with E-state index in [0.29, 0.717) is 37.7 Å². The fraction of sp³-hybridized carbons (Fsp3) is 0.400. The predicted octanol–water partition coefficient (Wildman–Crippen LogP) is 3.28. The van der Waals surface area contributed by atoms with Gasteiger partial charge < -0.3 is 19.5 Å². The molecule has 3 heterocycles. The first kappa shape index (κ1) is 22.0. The average Bonchev–Trinajstić information content (AvgIpc) is 3.14. The molecule has 4 rings (SSSR count). The molecule has 7 heteroatoms. The highest BCUT2D eigenvalue weighted by atomic mass is 16.5. The summed E-state index contributed by atoms with van der Waals surface area (Å²) < 4.78 is 6.93. The molecule has 0 spiro atoms. The Hall–Kier alpha value is -3.19. The Morgan fingerprint density at radius 3 is 2.62 bits per heavy atom. The smallest absolute Gasteiger partial charge is 0.270 e. The highest BCUT2D eigenvalue weighted by Crippen LogP contribution is 2.28. The molecule has 0 unspecified atom stereocenters. The maximum Gasteiger partial charge on any atom is 0.270 e. The molecule has 0 atom stereocenters. The van der Waals surface area contributed by atoms with E-state index in [0.717, 1.165) is 35.1 Å². The van der Waals surface area contributed by atoms with Crippen LogP contribution in [0.25, 0.3) is 10.9 Å². The van der Waals surface area contributed by atoms with Crippen molar-refractivity contribution in [2.75, 3.05) is 33.4 Å². The quantitative estimate of drug-likeness (QED) is 0.604. The number of amides is 2. The number of pyridine rings is 1. The number of aryl methyl sites for hydroxylation is 2. The van der Waals surface area contributed by atoms with Gasteiger partial charge in [0.15, 0.2) is 0 Å². The molecule has 1 aromatic carbocycles. The molecule has 1 aliphatic heterocycles. The average molecular weight is 435 g/mol. The van der Waals surface area contributed by atoms with E-state index in [1.165, 1.54) is 5.56 Å². The number of methoxy groups -OCH3 is 1. The summed E-state index contributed by atoms with van der Waals surface area (Å²) in [5, 5.41) is 3.90. The summed E-state index contributed by atoms with van der Waals surface area (Å²) in [6.45, 7) is 4.41. The van der Waals surface area contributed by atoms with Crippen LogP contribution in [-0.2, 0) is 11.8 Å². The first-order chi connectivity index (χ1) is 15.5. The third kappa shape index (κ3) is 4.53. The lowest BCUT2D eigenvalue weighted by atomic mass is 9.92. The van der Waals surface area contributed by atoms with Crippen molar-refractivity contribution in [1.29, 1.82) is 0 Å². The number of carbonyl (C=O) groups is 2. The minimum Gasteiger partial charge on any atom is -0.383 e. The maximum atomic E-state index is 13.2. The highest BCUT2D eigenvalue weighted by molar-refractivity contribution is 5.99. The number of fused-ring (bicyclic) bond motifs is 1. The number of aromatic nitrogens is 2. The molecule has 0 radical (unpaired) electrons. The number of piperidine rings is 1. The lowest BCUT2D eigenvalue weighted by molar-refractivity contribution is 0.0702. The van der Waals surface area contributed by atoms with Gasteiger partial charge in [0.05, 0.1) is 12.2 Å². The van der Waals surface area contributed by atoms with Gasteiger partial charge in [0.25, 0.3) is 11.8 Å². The topological polar surface area (TPSA) is 76.5 Å². The fourth-order valence-corrected chi connectivity index (χ4v) is 4.36. The molecular formula is C25H30N4O3. The van der Waals surface area contributed by atoms with Crippen molar-refractivity contribution in [3.63, 3.8) is 0 Å². The van der Waals surface area contributed by atoms with Crippen molar-refractivity contribution in [2.24, 2.45) is 7.05 Å². The summed E-state index contributed by atoms with van der Waals surface area (Å²) in [6, 6.07) is 12.0. The van der Waals surface area contributed by atoms with E-state index in [9.17, 15) is 9.59 Å². The number of rotatable bonds is 6. The van der Waals surface area contributed by atoms with E-state index in [-0.39, 0.29) is 11.8 Å². The summed E-state index contributed by atoms with van der Waals surface area (Å²) in [5.41, 5.74) is 4.51. The molecule has 2 aromatic heterocycles. The number of nitrogens with one attached hydrogen (secondary N) is 1. The lowest BCUT2D eigenvalue weighted by Gasteiger charge is -2.31. The standard InChI is InChI=1S/C25H30N4O3/c1-17-4-7-22-20(14-17)15-23(28(22)2)25(31)29-11-8-18(9-12-29)21-6-5-19(16-27-21)24(30)26-10-13-32-3/h4-7,14-16,18H,8-13H2,1-3H3,(H,26,30). The van der Waals surface area contributed by atoms with Crippen molar-refractivity contribution in [3.8, 4) is 0 Å². The fourth-order valence-electron chi connectivity index (χ4n) is 4.36. The van der Waals surface area contributed by atoms with E-state index >= 15 is 0 Å². The van der Waals surface area contributed by atoms with Gasteiger partial charge in [-0.1, -0.05) is 11.6 Å². The van der Waals surface area contributed by atoms with Gasteiger partial charge in [-0.15, -0.1) is 0 Å². The number of likely N-dealkylation sites (tertiary alicyclic amines) is 1. The Kier molecular flexibility index (Phi) is 6.55. The van der Waals surface area contributed by atoms with Crippen LogP contribution in [0.5, 0.6) is 0 Å². The molecule has 0 aliphatic carbocycles. The molecule has 0 saturated carbocycles. The molecule has 1 fully saturated rings. The Bertz CT molecular complexity index is 1110. The second kappa shape index (κ2) is 9.53. The third-order valence-corrected chi connectivity index (χ3v) is 6.26. The van der Waals surface area contributed by atoms with Gasteiger partial charge in [0.2, 0.25) is 0 Å². The normalized spacial score (nSPS) is 14.7. The number of carbonyl (C=O) groups excluding carboxylic acids is 2. The molecule has 0 bridgehead atoms. The summed E-state index contributed by atoms with van der Waals surface area (Å²) in [5.74, 6) is 0.224. The van der Waals surface area contributed by atoms with E-state index in [2.05, 4.69) is 35.4 Å². The van der Waals surface area contributed by atoms with Gasteiger partial charge in [0, 0.05) is 62.5 Å². The molecule has 7 nitrogen and oxygen atoms in total. The van der Waals surface area contributed by atoms with Crippen molar-refractivity contribution < 1.29 is 14.3 Å². The van der Waals surface area contributed by atoms with Crippen LogP contribution in [0.2, 0.25) is 0 Å². The zero-order chi connectivity index (χ0) is 22.7. The van der Waals surface area contributed by atoms with Crippen molar-refractivity contribution in [1.82, 2.24) is 19.8 Å². The van der Waals surface area contributed by atoms with E-state index in [1.54, 1.807) is 13.3 Å². The number of benzene rings is 1. The minimum absolute atomic E-state index is 0.0795. The molecular weight excluding hydrogens is 404 g/mol. The molecule has 1 saturated heterocycles. The van der Waals surface area contributed by atoms with Gasteiger partial charge in [0.1, 0.15) is 5.69 Å². The Morgan fingerprint density at radius 1 is 1.16 bits per heavy atom. The zero-order valence-corrected chi connectivity index (χ0v) is 18.9. The Morgan fingerprint density at radius 2 is 1.94 bits per heavy atom. The monoisotopic (exact) mass is 434 g/mol. The predicted molar refractivity (Wildman–Crippen MR) is 124 cm³/mol. The number of hydrogen-bond acceptors (Lipinski definition) is 4. The van der Waals surface area contributed by atoms with Crippen LogP contribution in [0.1, 0.15) is 50.9 Å². The van der Waals surface area contributed by atoms with Crippen LogP contribution >= 0.6 is 0 Å². The highest BCUT2D eigenvalue weighted by Gasteiger charge is 2.27. The molecule has 2 amide bonds. The number of hydrogen-bond donors (Lipinski definition) is 1. The molecule has 1 N–H and O–H groups in total. The first-order valence-corrected chi connectivity index (χ1v) is 11.1. The first-order valence-electron chi connectivity index (χ1n) is 11.1. The summed E-state index contributed by atoms with van der Waals surface area (Å²) in [4.78, 5) is 31.8. The number of ether oxygens (including phenoxy) is 1. The minimum atomic E-state index is -0.147. The third-order valence-electron chi connectivity index (χ3n) is 6.26. The lowest BCUT2D eigenvalue weighted by Crippen LogP contribution is -2.38.